The molecule has 1 aliphatic rings. The van der Waals surface area contributed by atoms with E-state index in [0.717, 1.165) is 25.1 Å². The van der Waals surface area contributed by atoms with Gasteiger partial charge in [-0.3, -0.25) is 9.97 Å². The first-order valence-corrected chi connectivity index (χ1v) is 10.8. The molecule has 1 aromatic carbocycles. The number of benzene rings is 1. The van der Waals surface area contributed by atoms with E-state index >= 15 is 0 Å². The van der Waals surface area contributed by atoms with Crippen LogP contribution in [0.1, 0.15) is 38.8 Å². The lowest BCUT2D eigenvalue weighted by atomic mass is 9.78. The van der Waals surface area contributed by atoms with Crippen molar-refractivity contribution in [3.8, 4) is 11.3 Å². The summed E-state index contributed by atoms with van der Waals surface area (Å²) in [6.07, 6.45) is 5.80. The summed E-state index contributed by atoms with van der Waals surface area (Å²) >= 11 is 13.1. The van der Waals surface area contributed by atoms with Crippen LogP contribution in [-0.4, -0.2) is 59.0 Å². The van der Waals surface area contributed by atoms with Gasteiger partial charge in [0, 0.05) is 37.6 Å². The largest absolute Gasteiger partial charge is 0.331 e. The molecule has 2 heterocycles. The number of urea groups is 1. The number of halogens is 2. The van der Waals surface area contributed by atoms with Crippen LogP contribution in [0, 0.1) is 5.41 Å². The predicted octanol–water partition coefficient (Wildman–Crippen LogP) is 4.88. The molecule has 1 aromatic heterocycles. The van der Waals surface area contributed by atoms with Crippen LogP contribution in [-0.2, 0) is 0 Å². The Morgan fingerprint density at radius 1 is 1.30 bits per heavy atom. The van der Waals surface area contributed by atoms with Crippen LogP contribution in [0.15, 0.2) is 30.7 Å². The fraction of sp³-hybridized carbons (Fsp3) is 0.500. The van der Waals surface area contributed by atoms with Crippen molar-refractivity contribution in [1.82, 2.24) is 25.1 Å². The Bertz CT molecular complexity index is 906. The van der Waals surface area contributed by atoms with Crippen molar-refractivity contribution in [3.05, 3.63) is 46.3 Å². The van der Waals surface area contributed by atoms with Crippen LogP contribution in [0.4, 0.5) is 4.79 Å². The van der Waals surface area contributed by atoms with Gasteiger partial charge in [-0.25, -0.2) is 4.79 Å². The van der Waals surface area contributed by atoms with E-state index in [-0.39, 0.29) is 23.5 Å². The van der Waals surface area contributed by atoms with E-state index in [0.29, 0.717) is 21.3 Å². The molecule has 0 radical (unpaired) electrons. The van der Waals surface area contributed by atoms with Crippen molar-refractivity contribution < 1.29 is 4.79 Å². The first-order chi connectivity index (χ1) is 14.1. The molecule has 2 amide bonds. The molecular formula is C22H29Cl2N5O. The molecule has 1 saturated heterocycles. The Labute approximate surface area is 188 Å². The second-order valence-electron chi connectivity index (χ2n) is 8.73. The van der Waals surface area contributed by atoms with Crippen molar-refractivity contribution in [2.45, 2.75) is 39.3 Å². The van der Waals surface area contributed by atoms with Gasteiger partial charge in [-0.2, -0.15) is 0 Å². The summed E-state index contributed by atoms with van der Waals surface area (Å²) in [5.41, 5.74) is 2.14. The molecule has 1 fully saturated rings. The molecule has 2 atom stereocenters. The molecule has 2 aromatic rings. The lowest BCUT2D eigenvalue weighted by Crippen LogP contribution is -2.57. The van der Waals surface area contributed by atoms with Crippen molar-refractivity contribution in [2.75, 3.05) is 27.2 Å². The second kappa shape index (κ2) is 9.08. The third kappa shape index (κ3) is 4.71. The Kier molecular flexibility index (Phi) is 6.90. The first kappa shape index (κ1) is 22.8. The molecular weight excluding hydrogens is 421 g/mol. The summed E-state index contributed by atoms with van der Waals surface area (Å²) in [5, 5.41) is 3.89. The highest BCUT2D eigenvalue weighted by atomic mass is 35.5. The fourth-order valence-electron chi connectivity index (χ4n) is 4.37. The molecule has 0 spiro atoms. The van der Waals surface area contributed by atoms with E-state index in [2.05, 4.69) is 41.1 Å². The van der Waals surface area contributed by atoms with Gasteiger partial charge in [0.2, 0.25) is 0 Å². The van der Waals surface area contributed by atoms with Crippen molar-refractivity contribution >= 4 is 29.2 Å². The molecule has 3 rings (SSSR count). The van der Waals surface area contributed by atoms with Gasteiger partial charge in [0.1, 0.15) is 0 Å². The first-order valence-electron chi connectivity index (χ1n) is 10.1. The average molecular weight is 450 g/mol. The maximum Gasteiger partial charge on any atom is 0.317 e. The van der Waals surface area contributed by atoms with Crippen LogP contribution in [0.5, 0.6) is 0 Å². The third-order valence-electron chi connectivity index (χ3n) is 5.91. The normalized spacial score (nSPS) is 19.9. The number of likely N-dealkylation sites (tertiary alicyclic amines) is 1. The van der Waals surface area contributed by atoms with Gasteiger partial charge >= 0.3 is 6.03 Å². The second-order valence-corrected chi connectivity index (χ2v) is 9.49. The Hall–Kier alpha value is -1.89. The zero-order chi connectivity index (χ0) is 22.1. The smallest absolute Gasteiger partial charge is 0.317 e. The minimum atomic E-state index is -0.296. The number of hydrogen-bond donors (Lipinski definition) is 1. The number of carbonyl (C=O) groups excluding carboxylic acids is 1. The van der Waals surface area contributed by atoms with Crippen LogP contribution in [0.3, 0.4) is 0 Å². The Balaban J connectivity index is 1.75. The van der Waals surface area contributed by atoms with Gasteiger partial charge in [-0.1, -0.05) is 49.2 Å². The lowest BCUT2D eigenvalue weighted by molar-refractivity contribution is 0.0446. The molecule has 1 aliphatic heterocycles. The molecule has 8 heteroatoms. The van der Waals surface area contributed by atoms with Gasteiger partial charge in [0.25, 0.3) is 0 Å². The molecule has 30 heavy (non-hydrogen) atoms. The highest BCUT2D eigenvalue weighted by Gasteiger charge is 2.39. The van der Waals surface area contributed by atoms with Gasteiger partial charge in [0.15, 0.2) is 0 Å². The topological polar surface area (TPSA) is 61.4 Å². The SMILES string of the molecule is CC(NC(=O)N(C)[C@@H]1CCN(C)CC1(C)C)c1ccc(-c2cnccn2)c(Cl)c1Cl. The Morgan fingerprint density at radius 3 is 2.67 bits per heavy atom. The maximum absolute atomic E-state index is 13.0. The molecule has 0 saturated carbocycles. The van der Waals surface area contributed by atoms with Crippen LogP contribution < -0.4 is 5.32 Å². The highest BCUT2D eigenvalue weighted by molar-refractivity contribution is 6.44. The number of amides is 2. The molecule has 1 N–H and O–H groups in total. The molecule has 1 unspecified atom stereocenters. The maximum atomic E-state index is 13.0. The number of aromatic nitrogens is 2. The van der Waals surface area contributed by atoms with Gasteiger partial charge in [0.05, 0.1) is 28.0 Å². The predicted molar refractivity (Wildman–Crippen MR) is 122 cm³/mol. The molecule has 162 valence electrons. The molecule has 0 aliphatic carbocycles. The van der Waals surface area contributed by atoms with Crippen molar-refractivity contribution in [2.24, 2.45) is 5.41 Å². The molecule has 6 nitrogen and oxygen atoms in total. The number of hydrogen-bond acceptors (Lipinski definition) is 4. The quantitative estimate of drug-likeness (QED) is 0.721. The van der Waals surface area contributed by atoms with E-state index in [4.69, 9.17) is 23.2 Å². The van der Waals surface area contributed by atoms with Crippen LogP contribution in [0.25, 0.3) is 11.3 Å². The highest BCUT2D eigenvalue weighted by Crippen LogP contribution is 2.37. The number of nitrogens with zero attached hydrogens (tertiary/aromatic N) is 4. The van der Waals surface area contributed by atoms with E-state index in [1.165, 1.54) is 0 Å². The summed E-state index contributed by atoms with van der Waals surface area (Å²) in [4.78, 5) is 25.5. The van der Waals surface area contributed by atoms with Gasteiger partial charge < -0.3 is 15.1 Å². The van der Waals surface area contributed by atoms with Crippen molar-refractivity contribution in [1.29, 1.82) is 0 Å². The van der Waals surface area contributed by atoms with Crippen molar-refractivity contribution in [3.63, 3.8) is 0 Å². The molecule has 0 bridgehead atoms. The minimum Gasteiger partial charge on any atom is -0.331 e. The number of nitrogens with one attached hydrogen (secondary N) is 1. The third-order valence-corrected chi connectivity index (χ3v) is 6.81. The summed E-state index contributed by atoms with van der Waals surface area (Å²) < 4.78 is 0. The number of rotatable bonds is 4. The van der Waals surface area contributed by atoms with E-state index < -0.39 is 0 Å². The zero-order valence-electron chi connectivity index (χ0n) is 18.1. The van der Waals surface area contributed by atoms with E-state index in [9.17, 15) is 4.79 Å². The monoisotopic (exact) mass is 449 g/mol. The number of piperidine rings is 1. The number of carbonyl (C=O) groups is 1. The van der Waals surface area contributed by atoms with E-state index in [1.807, 2.05) is 31.0 Å². The minimum absolute atomic E-state index is 0.0155. The van der Waals surface area contributed by atoms with Gasteiger partial charge in [-0.15, -0.1) is 0 Å². The van der Waals surface area contributed by atoms with Crippen LogP contribution >= 0.6 is 23.2 Å². The summed E-state index contributed by atoms with van der Waals surface area (Å²) in [6, 6.07) is 3.49. The summed E-state index contributed by atoms with van der Waals surface area (Å²) in [7, 11) is 3.99. The van der Waals surface area contributed by atoms with Gasteiger partial charge in [-0.05, 0) is 37.9 Å². The lowest BCUT2D eigenvalue weighted by Gasteiger charge is -2.47. The summed E-state index contributed by atoms with van der Waals surface area (Å²) in [5.74, 6) is 0. The fourth-order valence-corrected chi connectivity index (χ4v) is 4.97. The van der Waals surface area contributed by atoms with E-state index in [1.54, 1.807) is 18.6 Å². The Morgan fingerprint density at radius 2 is 2.03 bits per heavy atom. The van der Waals surface area contributed by atoms with Crippen LogP contribution in [0.2, 0.25) is 10.0 Å². The summed E-state index contributed by atoms with van der Waals surface area (Å²) in [6.45, 7) is 8.26. The average Bonchev–Trinajstić information content (AvgIpc) is 2.69. The standard InChI is InChI=1S/C22H29Cl2N5O/c1-14(27-21(30)29(5)18-8-11-28(4)13-22(18,2)3)15-6-7-16(20(24)19(15)23)17-12-25-9-10-26-17/h6-7,9-10,12,14,18H,8,11,13H2,1-5H3,(H,27,30)/t14?,18-/m1/s1. The zero-order valence-corrected chi connectivity index (χ0v) is 19.6.